The van der Waals surface area contributed by atoms with Gasteiger partial charge >= 0.3 is 0 Å². The minimum Gasteiger partial charge on any atom is -0.511 e. The number of aliphatic hydroxyl groups is 1. The van der Waals surface area contributed by atoms with Crippen LogP contribution in [0.1, 0.15) is 37.7 Å². The summed E-state index contributed by atoms with van der Waals surface area (Å²) in [5.41, 5.74) is 2.25. The number of allylic oxidation sites excluding steroid dienone is 2. The lowest BCUT2D eigenvalue weighted by atomic mass is 9.81. The number of aliphatic hydroxyl groups excluding tert-OH is 1. The fourth-order valence-corrected chi connectivity index (χ4v) is 2.63. The topological polar surface area (TPSA) is 49.7 Å². The molecule has 0 heterocycles. The Hall–Kier alpha value is -1.90. The molecular weight excluding hydrogens is 238 g/mol. The molecule has 1 aliphatic rings. The molecule has 100 valence electrons. The molecule has 0 unspecified atom stereocenters. The summed E-state index contributed by atoms with van der Waals surface area (Å²) in [4.78, 5) is 16.4. The van der Waals surface area contributed by atoms with Gasteiger partial charge in [-0.25, -0.2) is 0 Å². The van der Waals surface area contributed by atoms with Crippen LogP contribution in [0.4, 0.5) is 0 Å². The van der Waals surface area contributed by atoms with Gasteiger partial charge in [-0.15, -0.1) is 0 Å². The standard InChI is InChI=1S/C16H19NO2/c1-3-13(17-2)16-14(18)9-12(10-15(16)19)11-7-5-4-6-8-11/h4-8,12,18H,3,9-10H2,1-2H3/t12-/m1/s1. The number of Topliss-reactive ketones (excluding diaryl/α,β-unsaturated/α-hetero) is 1. The van der Waals surface area contributed by atoms with E-state index in [0.717, 1.165) is 5.56 Å². The summed E-state index contributed by atoms with van der Waals surface area (Å²) in [5.74, 6) is 0.264. The Morgan fingerprint density at radius 1 is 1.32 bits per heavy atom. The fraction of sp³-hybridized carbons (Fsp3) is 0.375. The molecule has 1 atom stereocenters. The summed E-state index contributed by atoms with van der Waals surface area (Å²) in [6.45, 7) is 1.94. The fourth-order valence-electron chi connectivity index (χ4n) is 2.63. The van der Waals surface area contributed by atoms with E-state index < -0.39 is 0 Å². The predicted octanol–water partition coefficient (Wildman–Crippen LogP) is 3.43. The lowest BCUT2D eigenvalue weighted by Gasteiger charge is -2.24. The first kappa shape index (κ1) is 13.5. The van der Waals surface area contributed by atoms with Gasteiger partial charge in [0.2, 0.25) is 0 Å². The first-order valence-electron chi connectivity index (χ1n) is 6.63. The largest absolute Gasteiger partial charge is 0.511 e. The number of aliphatic imine (C=N–C) groups is 1. The number of rotatable bonds is 3. The molecule has 0 spiro atoms. The predicted molar refractivity (Wildman–Crippen MR) is 76.7 cm³/mol. The van der Waals surface area contributed by atoms with E-state index in [1.54, 1.807) is 7.05 Å². The van der Waals surface area contributed by atoms with Crippen LogP contribution in [0.25, 0.3) is 0 Å². The normalized spacial score (nSPS) is 20.8. The first-order valence-corrected chi connectivity index (χ1v) is 6.63. The van der Waals surface area contributed by atoms with Crippen LogP contribution in [0.3, 0.4) is 0 Å². The summed E-state index contributed by atoms with van der Waals surface area (Å²) < 4.78 is 0. The van der Waals surface area contributed by atoms with Gasteiger partial charge in [-0.3, -0.25) is 9.79 Å². The number of hydrogen-bond acceptors (Lipinski definition) is 3. The first-order chi connectivity index (χ1) is 9.17. The van der Waals surface area contributed by atoms with E-state index in [1.807, 2.05) is 37.3 Å². The van der Waals surface area contributed by atoms with Crippen molar-refractivity contribution < 1.29 is 9.90 Å². The van der Waals surface area contributed by atoms with Crippen molar-refractivity contribution in [2.75, 3.05) is 7.05 Å². The van der Waals surface area contributed by atoms with Crippen LogP contribution < -0.4 is 0 Å². The molecule has 1 aliphatic carbocycles. The van der Waals surface area contributed by atoms with Crippen LogP contribution in [-0.4, -0.2) is 23.6 Å². The molecule has 0 radical (unpaired) electrons. The zero-order valence-electron chi connectivity index (χ0n) is 11.4. The maximum atomic E-state index is 12.2. The zero-order chi connectivity index (χ0) is 13.8. The van der Waals surface area contributed by atoms with E-state index in [4.69, 9.17) is 0 Å². The minimum absolute atomic E-state index is 0.0000491. The molecular formula is C16H19NO2. The van der Waals surface area contributed by atoms with Gasteiger partial charge in [-0.05, 0) is 17.9 Å². The Kier molecular flexibility index (Phi) is 4.15. The molecule has 0 fully saturated rings. The number of benzene rings is 1. The second kappa shape index (κ2) is 5.83. The highest BCUT2D eigenvalue weighted by Gasteiger charge is 2.30. The minimum atomic E-state index is 0.0000491. The van der Waals surface area contributed by atoms with E-state index in [9.17, 15) is 9.90 Å². The Labute approximate surface area is 113 Å². The highest BCUT2D eigenvalue weighted by atomic mass is 16.3. The number of hydrogen-bond donors (Lipinski definition) is 1. The van der Waals surface area contributed by atoms with Crippen LogP contribution in [0, 0.1) is 0 Å². The second-order valence-electron chi connectivity index (χ2n) is 4.78. The molecule has 19 heavy (non-hydrogen) atoms. The Morgan fingerprint density at radius 2 is 2.00 bits per heavy atom. The average Bonchev–Trinajstić information content (AvgIpc) is 2.43. The molecule has 2 rings (SSSR count). The molecule has 3 nitrogen and oxygen atoms in total. The third kappa shape index (κ3) is 2.75. The molecule has 0 aromatic heterocycles. The molecule has 1 aromatic carbocycles. The summed E-state index contributed by atoms with van der Waals surface area (Å²) in [5, 5.41) is 10.2. The third-order valence-electron chi connectivity index (χ3n) is 3.60. The van der Waals surface area contributed by atoms with Gasteiger partial charge in [0.15, 0.2) is 5.78 Å². The molecule has 0 aliphatic heterocycles. The number of ketones is 1. The summed E-state index contributed by atoms with van der Waals surface area (Å²) >= 11 is 0. The highest BCUT2D eigenvalue weighted by Crippen LogP contribution is 2.34. The van der Waals surface area contributed by atoms with Crippen LogP contribution >= 0.6 is 0 Å². The van der Waals surface area contributed by atoms with Gasteiger partial charge < -0.3 is 5.11 Å². The third-order valence-corrected chi connectivity index (χ3v) is 3.60. The van der Waals surface area contributed by atoms with E-state index in [-0.39, 0.29) is 17.5 Å². The van der Waals surface area contributed by atoms with Crippen molar-refractivity contribution in [1.29, 1.82) is 0 Å². The zero-order valence-corrected chi connectivity index (χ0v) is 11.4. The molecule has 0 bridgehead atoms. The van der Waals surface area contributed by atoms with E-state index in [0.29, 0.717) is 30.5 Å². The lowest BCUT2D eigenvalue weighted by molar-refractivity contribution is -0.116. The Bertz CT molecular complexity index is 529. The van der Waals surface area contributed by atoms with E-state index in [2.05, 4.69) is 4.99 Å². The summed E-state index contributed by atoms with van der Waals surface area (Å²) in [7, 11) is 1.66. The number of nitrogens with zero attached hydrogens (tertiary/aromatic N) is 1. The van der Waals surface area contributed by atoms with Gasteiger partial charge in [0.1, 0.15) is 5.76 Å². The van der Waals surface area contributed by atoms with Crippen molar-refractivity contribution in [2.24, 2.45) is 4.99 Å². The molecule has 3 heteroatoms. The van der Waals surface area contributed by atoms with Crippen LogP contribution in [0.2, 0.25) is 0 Å². The van der Waals surface area contributed by atoms with Crippen LogP contribution in [0.15, 0.2) is 46.7 Å². The van der Waals surface area contributed by atoms with Gasteiger partial charge in [0.05, 0.1) is 5.57 Å². The molecule has 1 aromatic rings. The Morgan fingerprint density at radius 3 is 2.53 bits per heavy atom. The maximum Gasteiger partial charge on any atom is 0.168 e. The van der Waals surface area contributed by atoms with Gasteiger partial charge in [-0.2, -0.15) is 0 Å². The van der Waals surface area contributed by atoms with Crippen LogP contribution in [-0.2, 0) is 4.79 Å². The van der Waals surface area contributed by atoms with Crippen molar-refractivity contribution in [3.63, 3.8) is 0 Å². The molecule has 0 saturated heterocycles. The molecule has 0 saturated carbocycles. The van der Waals surface area contributed by atoms with Crippen molar-refractivity contribution in [2.45, 2.75) is 32.1 Å². The van der Waals surface area contributed by atoms with Crippen molar-refractivity contribution in [1.82, 2.24) is 0 Å². The molecule has 0 amide bonds. The highest BCUT2D eigenvalue weighted by molar-refractivity contribution is 6.23. The monoisotopic (exact) mass is 257 g/mol. The Balaban J connectivity index is 2.31. The summed E-state index contributed by atoms with van der Waals surface area (Å²) in [6, 6.07) is 9.88. The average molecular weight is 257 g/mol. The van der Waals surface area contributed by atoms with Gasteiger partial charge in [0.25, 0.3) is 0 Å². The molecule has 1 N–H and O–H groups in total. The van der Waals surface area contributed by atoms with Crippen LogP contribution in [0.5, 0.6) is 0 Å². The quantitative estimate of drug-likeness (QED) is 0.843. The van der Waals surface area contributed by atoms with Gasteiger partial charge in [0, 0.05) is 25.6 Å². The van der Waals surface area contributed by atoms with Crippen molar-refractivity contribution >= 4 is 11.5 Å². The van der Waals surface area contributed by atoms with E-state index >= 15 is 0 Å². The SMILES string of the molecule is CCC(=NC)C1=C(O)C[C@@H](c2ccccc2)CC1=O. The maximum absolute atomic E-state index is 12.2. The summed E-state index contributed by atoms with van der Waals surface area (Å²) in [6.07, 6.45) is 1.63. The lowest BCUT2D eigenvalue weighted by Crippen LogP contribution is -2.23. The smallest absolute Gasteiger partial charge is 0.168 e. The number of carbonyl (C=O) groups is 1. The van der Waals surface area contributed by atoms with Crippen molar-refractivity contribution in [3.05, 3.63) is 47.2 Å². The van der Waals surface area contributed by atoms with Gasteiger partial charge in [-0.1, -0.05) is 37.3 Å². The second-order valence-corrected chi connectivity index (χ2v) is 4.78. The van der Waals surface area contributed by atoms with E-state index in [1.165, 1.54) is 0 Å². The number of carbonyl (C=O) groups excluding carboxylic acids is 1. The van der Waals surface area contributed by atoms with Crippen molar-refractivity contribution in [3.8, 4) is 0 Å².